The third-order valence-electron chi connectivity index (χ3n) is 4.59. The topological polar surface area (TPSA) is 51.4 Å². The molecule has 122 valence electrons. The number of pyridine rings is 1. The SMILES string of the molecule is Cc1ccccc1-c1cc(N2CCOCC2)nc2ccc(N)cc12. The number of hydrogen-bond donors (Lipinski definition) is 1. The largest absolute Gasteiger partial charge is 0.399 e. The van der Waals surface area contributed by atoms with Crippen LogP contribution in [0.25, 0.3) is 22.0 Å². The van der Waals surface area contributed by atoms with Gasteiger partial charge in [-0.25, -0.2) is 4.98 Å². The zero-order valence-electron chi connectivity index (χ0n) is 13.8. The van der Waals surface area contributed by atoms with E-state index >= 15 is 0 Å². The Morgan fingerprint density at radius 2 is 1.79 bits per heavy atom. The number of rotatable bonds is 2. The van der Waals surface area contributed by atoms with E-state index in [-0.39, 0.29) is 0 Å². The first kappa shape index (κ1) is 15.0. The Bertz CT molecular complexity index is 885. The fourth-order valence-electron chi connectivity index (χ4n) is 3.28. The van der Waals surface area contributed by atoms with Gasteiger partial charge in [-0.1, -0.05) is 24.3 Å². The van der Waals surface area contributed by atoms with Crippen LogP contribution in [0, 0.1) is 6.92 Å². The molecule has 0 bridgehead atoms. The zero-order valence-corrected chi connectivity index (χ0v) is 13.8. The molecule has 0 spiro atoms. The monoisotopic (exact) mass is 319 g/mol. The maximum absolute atomic E-state index is 6.04. The number of morpholine rings is 1. The molecule has 0 amide bonds. The van der Waals surface area contributed by atoms with Crippen LogP contribution in [0.15, 0.2) is 48.5 Å². The van der Waals surface area contributed by atoms with Crippen LogP contribution in [-0.2, 0) is 4.74 Å². The molecule has 2 N–H and O–H groups in total. The van der Waals surface area contributed by atoms with Crippen LogP contribution >= 0.6 is 0 Å². The van der Waals surface area contributed by atoms with Crippen molar-refractivity contribution in [3.8, 4) is 11.1 Å². The second-order valence-corrected chi connectivity index (χ2v) is 6.22. The molecule has 0 radical (unpaired) electrons. The summed E-state index contributed by atoms with van der Waals surface area (Å²) in [5.41, 5.74) is 11.4. The summed E-state index contributed by atoms with van der Waals surface area (Å²) in [6.45, 7) is 5.39. The molecule has 1 fully saturated rings. The number of aromatic nitrogens is 1. The van der Waals surface area contributed by atoms with Gasteiger partial charge in [0.2, 0.25) is 0 Å². The molecule has 1 aromatic heterocycles. The van der Waals surface area contributed by atoms with Crippen molar-refractivity contribution < 1.29 is 4.74 Å². The molecule has 1 saturated heterocycles. The fraction of sp³-hybridized carbons (Fsp3) is 0.250. The Morgan fingerprint density at radius 1 is 1.00 bits per heavy atom. The molecule has 0 saturated carbocycles. The predicted molar refractivity (Wildman–Crippen MR) is 99.4 cm³/mol. The lowest BCUT2D eigenvalue weighted by Crippen LogP contribution is -2.36. The summed E-state index contributed by atoms with van der Waals surface area (Å²) in [5, 5.41) is 1.10. The average molecular weight is 319 g/mol. The van der Waals surface area contributed by atoms with Crippen molar-refractivity contribution in [1.29, 1.82) is 0 Å². The molecule has 4 rings (SSSR count). The Balaban J connectivity index is 1.95. The summed E-state index contributed by atoms with van der Waals surface area (Å²) in [5.74, 6) is 1.01. The standard InChI is InChI=1S/C20H21N3O/c1-14-4-2-3-5-16(14)17-13-20(23-8-10-24-11-9-23)22-19-7-6-15(21)12-18(17)19/h2-7,12-13H,8-11,21H2,1H3. The van der Waals surface area contributed by atoms with Crippen molar-refractivity contribution in [3.63, 3.8) is 0 Å². The third-order valence-corrected chi connectivity index (χ3v) is 4.59. The number of ether oxygens (including phenoxy) is 1. The highest BCUT2D eigenvalue weighted by Crippen LogP contribution is 2.34. The van der Waals surface area contributed by atoms with Gasteiger partial charge in [0.15, 0.2) is 0 Å². The van der Waals surface area contributed by atoms with Gasteiger partial charge in [0, 0.05) is 24.2 Å². The normalized spacial score (nSPS) is 15.0. The molecule has 2 heterocycles. The second kappa shape index (κ2) is 6.13. The first-order valence-electron chi connectivity index (χ1n) is 8.31. The number of hydrogen-bond acceptors (Lipinski definition) is 4. The first-order valence-corrected chi connectivity index (χ1v) is 8.31. The van der Waals surface area contributed by atoms with E-state index < -0.39 is 0 Å². The molecule has 4 nitrogen and oxygen atoms in total. The Kier molecular flexibility index (Phi) is 3.82. The van der Waals surface area contributed by atoms with Crippen molar-refractivity contribution in [2.75, 3.05) is 36.9 Å². The quantitative estimate of drug-likeness (QED) is 0.733. The van der Waals surface area contributed by atoms with Crippen LogP contribution in [0.3, 0.4) is 0 Å². The van der Waals surface area contributed by atoms with E-state index in [9.17, 15) is 0 Å². The van der Waals surface area contributed by atoms with E-state index in [1.54, 1.807) is 0 Å². The number of aryl methyl sites for hydroxylation is 1. The van der Waals surface area contributed by atoms with Gasteiger partial charge in [0.05, 0.1) is 18.7 Å². The smallest absolute Gasteiger partial charge is 0.130 e. The molecule has 2 aromatic carbocycles. The van der Waals surface area contributed by atoms with Crippen LogP contribution in [0.1, 0.15) is 5.56 Å². The number of nitrogens with two attached hydrogens (primary N) is 1. The van der Waals surface area contributed by atoms with E-state index in [0.717, 1.165) is 48.7 Å². The highest BCUT2D eigenvalue weighted by Gasteiger charge is 2.16. The number of nitrogens with zero attached hydrogens (tertiary/aromatic N) is 2. The second-order valence-electron chi connectivity index (χ2n) is 6.22. The van der Waals surface area contributed by atoms with Gasteiger partial charge in [-0.2, -0.15) is 0 Å². The van der Waals surface area contributed by atoms with Crippen LogP contribution in [0.2, 0.25) is 0 Å². The van der Waals surface area contributed by atoms with Crippen molar-refractivity contribution in [2.24, 2.45) is 0 Å². The molecular formula is C20H21N3O. The van der Waals surface area contributed by atoms with Gasteiger partial charge in [-0.15, -0.1) is 0 Å². The van der Waals surface area contributed by atoms with E-state index in [0.29, 0.717) is 0 Å². The van der Waals surface area contributed by atoms with E-state index in [4.69, 9.17) is 15.5 Å². The molecule has 0 atom stereocenters. The Labute approximate surface area is 141 Å². The maximum atomic E-state index is 6.04. The van der Waals surface area contributed by atoms with Crippen LogP contribution < -0.4 is 10.6 Å². The highest BCUT2D eigenvalue weighted by atomic mass is 16.5. The van der Waals surface area contributed by atoms with Crippen molar-refractivity contribution in [1.82, 2.24) is 4.98 Å². The number of anilines is 2. The van der Waals surface area contributed by atoms with Crippen molar-refractivity contribution >= 4 is 22.4 Å². The zero-order chi connectivity index (χ0) is 16.5. The lowest BCUT2D eigenvalue weighted by atomic mass is 9.97. The minimum Gasteiger partial charge on any atom is -0.399 e. The van der Waals surface area contributed by atoms with Gasteiger partial charge < -0.3 is 15.4 Å². The summed E-state index contributed by atoms with van der Waals surface area (Å²) in [6, 6.07) is 16.6. The van der Waals surface area contributed by atoms with Crippen molar-refractivity contribution in [2.45, 2.75) is 6.92 Å². The fourth-order valence-corrected chi connectivity index (χ4v) is 3.28. The lowest BCUT2D eigenvalue weighted by Gasteiger charge is -2.28. The van der Waals surface area contributed by atoms with E-state index in [2.05, 4.69) is 42.2 Å². The maximum Gasteiger partial charge on any atom is 0.130 e. The van der Waals surface area contributed by atoms with Crippen molar-refractivity contribution in [3.05, 3.63) is 54.1 Å². The predicted octanol–water partition coefficient (Wildman–Crippen LogP) is 3.63. The van der Waals surface area contributed by atoms with Gasteiger partial charge in [-0.3, -0.25) is 0 Å². The molecule has 0 aliphatic carbocycles. The highest BCUT2D eigenvalue weighted by molar-refractivity contribution is 5.98. The first-order chi connectivity index (χ1) is 11.7. The molecule has 1 aliphatic rings. The van der Waals surface area contributed by atoms with E-state index in [1.807, 2.05) is 18.2 Å². The molecule has 0 unspecified atom stereocenters. The van der Waals surface area contributed by atoms with Crippen LogP contribution in [0.4, 0.5) is 11.5 Å². The number of benzene rings is 2. The summed E-state index contributed by atoms with van der Waals surface area (Å²) in [7, 11) is 0. The van der Waals surface area contributed by atoms with Crippen LogP contribution in [-0.4, -0.2) is 31.3 Å². The minimum atomic E-state index is 0.751. The van der Waals surface area contributed by atoms with E-state index in [1.165, 1.54) is 16.7 Å². The summed E-state index contributed by atoms with van der Waals surface area (Å²) >= 11 is 0. The van der Waals surface area contributed by atoms with Gasteiger partial charge in [-0.05, 0) is 47.9 Å². The molecule has 4 heteroatoms. The molecular weight excluding hydrogens is 298 g/mol. The van der Waals surface area contributed by atoms with Gasteiger partial charge in [0.25, 0.3) is 0 Å². The summed E-state index contributed by atoms with van der Waals surface area (Å²) < 4.78 is 5.47. The Hall–Kier alpha value is -2.59. The number of fused-ring (bicyclic) bond motifs is 1. The molecule has 24 heavy (non-hydrogen) atoms. The summed E-state index contributed by atoms with van der Waals surface area (Å²) in [6.07, 6.45) is 0. The van der Waals surface area contributed by atoms with Crippen LogP contribution in [0.5, 0.6) is 0 Å². The lowest BCUT2D eigenvalue weighted by molar-refractivity contribution is 0.122. The third kappa shape index (κ3) is 2.69. The Morgan fingerprint density at radius 3 is 2.58 bits per heavy atom. The average Bonchev–Trinajstić information content (AvgIpc) is 2.62. The molecule has 1 aliphatic heterocycles. The van der Waals surface area contributed by atoms with Gasteiger partial charge in [0.1, 0.15) is 5.82 Å². The van der Waals surface area contributed by atoms with Gasteiger partial charge >= 0.3 is 0 Å². The molecule has 3 aromatic rings. The minimum absolute atomic E-state index is 0.751. The number of nitrogen functional groups attached to an aromatic ring is 1. The summed E-state index contributed by atoms with van der Waals surface area (Å²) in [4.78, 5) is 7.16.